The number of carbonyl (C=O) groups is 2. The lowest BCUT2D eigenvalue weighted by molar-refractivity contribution is -0.139. The van der Waals surface area contributed by atoms with Crippen LogP contribution >= 0.6 is 23.2 Å². The van der Waals surface area contributed by atoms with Crippen molar-refractivity contribution in [2.24, 2.45) is 0 Å². The number of hydrogen-bond acceptors (Lipinski definition) is 5. The molecule has 188 valence electrons. The number of anilines is 1. The van der Waals surface area contributed by atoms with E-state index in [2.05, 4.69) is 10.4 Å². The minimum absolute atomic E-state index is 0.0328. The number of carboxylic acid groups (broad SMARTS) is 1. The molecule has 0 aliphatic carbocycles. The third kappa shape index (κ3) is 5.23. The third-order valence-electron chi connectivity index (χ3n) is 5.74. The largest absolute Gasteiger partial charge is 0.493 e. The molecule has 1 unspecified atom stereocenters. The lowest BCUT2D eigenvalue weighted by Gasteiger charge is -2.24. The molecule has 3 aromatic carbocycles. The highest BCUT2D eigenvalue weighted by Gasteiger charge is 2.29. The van der Waals surface area contributed by atoms with Crippen LogP contribution in [0.15, 0.2) is 66.9 Å². The molecule has 0 fully saturated rings. The summed E-state index contributed by atoms with van der Waals surface area (Å²) in [5.41, 5.74) is 1.40. The maximum atomic E-state index is 13.4. The van der Waals surface area contributed by atoms with Crippen LogP contribution in [0.2, 0.25) is 10.0 Å². The van der Waals surface area contributed by atoms with Crippen LogP contribution in [0.25, 0.3) is 5.69 Å². The van der Waals surface area contributed by atoms with Crippen molar-refractivity contribution < 1.29 is 28.6 Å². The van der Waals surface area contributed by atoms with E-state index in [4.69, 9.17) is 32.7 Å². The van der Waals surface area contributed by atoms with Crippen molar-refractivity contribution in [2.75, 3.05) is 11.9 Å². The summed E-state index contributed by atoms with van der Waals surface area (Å²) in [7, 11) is 0. The Bertz CT molecular complexity index is 1510. The molecule has 1 atom stereocenters. The fraction of sp³-hybridized carbons (Fsp3) is 0.115. The normalized spacial score (nSPS) is 14.4. The fourth-order valence-corrected chi connectivity index (χ4v) is 4.26. The molecule has 2 N–H and O–H groups in total. The zero-order chi connectivity index (χ0) is 26.1. The van der Waals surface area contributed by atoms with Gasteiger partial charge in [-0.3, -0.25) is 9.59 Å². The Kier molecular flexibility index (Phi) is 6.73. The summed E-state index contributed by atoms with van der Waals surface area (Å²) < 4.78 is 26.3. The van der Waals surface area contributed by atoms with E-state index in [-0.39, 0.29) is 16.7 Å². The Morgan fingerprint density at radius 3 is 2.59 bits per heavy atom. The number of amides is 1. The van der Waals surface area contributed by atoms with Gasteiger partial charge < -0.3 is 19.9 Å². The Morgan fingerprint density at radius 2 is 1.86 bits per heavy atom. The number of benzene rings is 3. The van der Waals surface area contributed by atoms with Crippen LogP contribution in [0, 0.1) is 5.82 Å². The maximum Gasteiger partial charge on any atom is 0.311 e. The maximum absolute atomic E-state index is 13.4. The molecular formula is C26H18Cl2FN3O5. The minimum Gasteiger partial charge on any atom is -0.493 e. The van der Waals surface area contributed by atoms with E-state index in [0.717, 1.165) is 0 Å². The average Bonchev–Trinajstić information content (AvgIpc) is 3.34. The van der Waals surface area contributed by atoms with Crippen molar-refractivity contribution in [1.82, 2.24) is 9.78 Å². The second-order valence-corrected chi connectivity index (χ2v) is 8.99. The number of nitrogens with one attached hydrogen (secondary N) is 1. The average molecular weight is 542 g/mol. The number of halogens is 3. The number of nitrogens with zero attached hydrogens (tertiary/aromatic N) is 2. The van der Waals surface area contributed by atoms with E-state index in [1.807, 2.05) is 0 Å². The van der Waals surface area contributed by atoms with Crippen molar-refractivity contribution in [2.45, 2.75) is 12.3 Å². The second kappa shape index (κ2) is 10.1. The van der Waals surface area contributed by atoms with Crippen LogP contribution in [0.1, 0.15) is 28.3 Å². The van der Waals surface area contributed by atoms with Crippen molar-refractivity contribution in [1.29, 1.82) is 0 Å². The lowest BCUT2D eigenvalue weighted by atomic mass is 9.93. The highest BCUT2D eigenvalue weighted by atomic mass is 35.5. The summed E-state index contributed by atoms with van der Waals surface area (Å²) in [6.45, 7) is 0.282. The molecule has 8 nitrogen and oxygen atoms in total. The van der Waals surface area contributed by atoms with Crippen LogP contribution in [-0.4, -0.2) is 33.4 Å². The molecule has 1 aromatic heterocycles. The van der Waals surface area contributed by atoms with Crippen LogP contribution < -0.4 is 14.8 Å². The number of ether oxygens (including phenoxy) is 2. The van der Waals surface area contributed by atoms with Crippen molar-refractivity contribution in [3.05, 3.63) is 93.8 Å². The molecule has 11 heteroatoms. The van der Waals surface area contributed by atoms with Gasteiger partial charge in [0, 0.05) is 29.5 Å². The van der Waals surface area contributed by atoms with Gasteiger partial charge in [-0.15, -0.1) is 0 Å². The summed E-state index contributed by atoms with van der Waals surface area (Å²) in [6, 6.07) is 15.2. The zero-order valence-corrected chi connectivity index (χ0v) is 20.5. The first-order chi connectivity index (χ1) is 17.8. The number of hydrogen-bond donors (Lipinski definition) is 2. The molecule has 0 bridgehead atoms. The van der Waals surface area contributed by atoms with E-state index >= 15 is 0 Å². The highest BCUT2D eigenvalue weighted by molar-refractivity contribution is 6.32. The molecule has 0 spiro atoms. The molecule has 0 radical (unpaired) electrons. The van der Waals surface area contributed by atoms with E-state index in [0.29, 0.717) is 46.3 Å². The molecule has 1 aliphatic heterocycles. The van der Waals surface area contributed by atoms with Gasteiger partial charge in [0.1, 0.15) is 23.1 Å². The Morgan fingerprint density at radius 1 is 1.08 bits per heavy atom. The van der Waals surface area contributed by atoms with Gasteiger partial charge in [-0.05, 0) is 55.0 Å². The highest BCUT2D eigenvalue weighted by Crippen LogP contribution is 2.41. The molecule has 2 heterocycles. The first-order valence-corrected chi connectivity index (χ1v) is 11.8. The summed E-state index contributed by atoms with van der Waals surface area (Å²) in [6.07, 6.45) is 1.98. The number of aliphatic carboxylic acids is 1. The Balaban J connectivity index is 1.26. The van der Waals surface area contributed by atoms with Gasteiger partial charge in [-0.1, -0.05) is 23.2 Å². The van der Waals surface area contributed by atoms with Crippen LogP contribution in [-0.2, 0) is 4.79 Å². The summed E-state index contributed by atoms with van der Waals surface area (Å²) in [5.74, 6) is -1.12. The molecule has 0 saturated heterocycles. The first-order valence-electron chi connectivity index (χ1n) is 11.1. The standard InChI is InChI=1S/C26H18Cl2FN3O5/c27-19-11-15(3-6-21(19)29)32-9-7-24(31-32)30-25(33)14-1-4-16(5-2-14)37-23-13-22-18(12-20(23)28)17(26(34)35)8-10-36-22/h1-7,9,11-13,17H,8,10H2,(H,34,35)(H,30,31,33). The summed E-state index contributed by atoms with van der Waals surface area (Å²) in [5, 5.41) is 16.6. The summed E-state index contributed by atoms with van der Waals surface area (Å²) >= 11 is 12.2. The number of carboxylic acids is 1. The number of aromatic nitrogens is 2. The molecular weight excluding hydrogens is 524 g/mol. The lowest BCUT2D eigenvalue weighted by Crippen LogP contribution is -2.20. The Hall–Kier alpha value is -4.08. The van der Waals surface area contributed by atoms with Crippen LogP contribution in [0.5, 0.6) is 17.2 Å². The molecule has 4 aromatic rings. The molecule has 5 rings (SSSR count). The molecule has 1 amide bonds. The van der Waals surface area contributed by atoms with Gasteiger partial charge >= 0.3 is 5.97 Å². The van der Waals surface area contributed by atoms with Gasteiger partial charge in [0.15, 0.2) is 5.82 Å². The minimum atomic E-state index is -0.935. The molecule has 37 heavy (non-hydrogen) atoms. The van der Waals surface area contributed by atoms with Crippen LogP contribution in [0.4, 0.5) is 10.2 Å². The van der Waals surface area contributed by atoms with E-state index < -0.39 is 23.6 Å². The fourth-order valence-electron chi connectivity index (χ4n) is 3.88. The van der Waals surface area contributed by atoms with Crippen molar-refractivity contribution >= 4 is 40.9 Å². The molecule has 1 aliphatic rings. The molecule has 0 saturated carbocycles. The zero-order valence-electron chi connectivity index (χ0n) is 19.0. The Labute approximate surface area is 220 Å². The van der Waals surface area contributed by atoms with Gasteiger partial charge in [0.25, 0.3) is 5.91 Å². The topological polar surface area (TPSA) is 103 Å². The summed E-state index contributed by atoms with van der Waals surface area (Å²) in [4.78, 5) is 24.2. The van der Waals surface area contributed by atoms with Gasteiger partial charge in [-0.25, -0.2) is 9.07 Å². The predicted molar refractivity (Wildman–Crippen MR) is 135 cm³/mol. The monoisotopic (exact) mass is 541 g/mol. The number of fused-ring (bicyclic) bond motifs is 1. The van der Waals surface area contributed by atoms with Crippen molar-refractivity contribution in [3.8, 4) is 22.9 Å². The van der Waals surface area contributed by atoms with E-state index in [1.54, 1.807) is 48.7 Å². The number of rotatable bonds is 6. The van der Waals surface area contributed by atoms with E-state index in [1.165, 1.54) is 22.9 Å². The van der Waals surface area contributed by atoms with Gasteiger partial charge in [0.2, 0.25) is 0 Å². The van der Waals surface area contributed by atoms with Gasteiger partial charge in [-0.2, -0.15) is 5.10 Å². The predicted octanol–water partition coefficient (Wildman–Crippen LogP) is 6.31. The van der Waals surface area contributed by atoms with Gasteiger partial charge in [0.05, 0.1) is 28.3 Å². The first kappa shape index (κ1) is 24.6. The number of carbonyl (C=O) groups excluding carboxylic acids is 1. The van der Waals surface area contributed by atoms with E-state index in [9.17, 15) is 19.1 Å². The third-order valence-corrected chi connectivity index (χ3v) is 6.33. The van der Waals surface area contributed by atoms with Crippen molar-refractivity contribution in [3.63, 3.8) is 0 Å². The second-order valence-electron chi connectivity index (χ2n) is 8.17. The van der Waals surface area contributed by atoms with Crippen LogP contribution in [0.3, 0.4) is 0 Å². The smallest absolute Gasteiger partial charge is 0.311 e. The quantitative estimate of drug-likeness (QED) is 0.296. The SMILES string of the molecule is O=C(Nc1ccn(-c2ccc(F)c(Cl)c2)n1)c1ccc(Oc2cc3c(cc2Cl)C(C(=O)O)CCO3)cc1.